The predicted molar refractivity (Wildman–Crippen MR) is 85.2 cm³/mol. The van der Waals surface area contributed by atoms with Crippen LogP contribution in [0.2, 0.25) is 0 Å². The molecule has 2 amide bonds. The van der Waals surface area contributed by atoms with Gasteiger partial charge in [-0.25, -0.2) is 10.1 Å². The Kier molecular flexibility index (Phi) is 6.94. The third kappa shape index (κ3) is 7.83. The van der Waals surface area contributed by atoms with E-state index in [0.29, 0.717) is 17.9 Å². The molecule has 0 aromatic rings. The molecule has 23 heavy (non-hydrogen) atoms. The van der Waals surface area contributed by atoms with Crippen LogP contribution in [0.4, 0.5) is 4.79 Å². The lowest BCUT2D eigenvalue weighted by Crippen LogP contribution is -2.49. The van der Waals surface area contributed by atoms with Gasteiger partial charge in [-0.15, -0.1) is 0 Å². The summed E-state index contributed by atoms with van der Waals surface area (Å²) in [6, 6.07) is 0. The Morgan fingerprint density at radius 1 is 1.26 bits per heavy atom. The van der Waals surface area contributed by atoms with Gasteiger partial charge in [0.15, 0.2) is 0 Å². The number of carbonyl (C=O) groups is 2. The molecule has 1 rings (SSSR count). The zero-order valence-electron chi connectivity index (χ0n) is 16.3. The van der Waals surface area contributed by atoms with Crippen LogP contribution in [0.5, 0.6) is 0 Å². The first kappa shape index (κ1) is 14.7. The number of ether oxygens (including phenoxy) is 1. The average Bonchev–Trinajstić information content (AvgIpc) is 2.54. The molecule has 0 bridgehead atoms. The topological polar surface area (TPSA) is 105 Å². The molecule has 1 aliphatic heterocycles. The first-order chi connectivity index (χ1) is 12.2. The molecule has 0 aromatic heterocycles. The fourth-order valence-electron chi connectivity index (χ4n) is 2.24. The van der Waals surface area contributed by atoms with Crippen LogP contribution in [0.25, 0.3) is 0 Å². The van der Waals surface area contributed by atoms with Crippen LogP contribution in [-0.4, -0.2) is 59.4 Å². The number of hydroxylamine groups is 1. The van der Waals surface area contributed by atoms with E-state index in [-0.39, 0.29) is 19.6 Å². The van der Waals surface area contributed by atoms with E-state index in [1.54, 1.807) is 0 Å². The number of nitrogens with zero attached hydrogens (tertiary/aromatic N) is 2. The number of hydrogen-bond acceptors (Lipinski definition) is 4. The molecule has 0 aromatic carbocycles. The number of likely N-dealkylation sites (N-methyl/N-ethyl adjacent to an activating group) is 1. The Balaban J connectivity index is 3.00. The summed E-state index contributed by atoms with van der Waals surface area (Å²) in [6.07, 6.45) is 4.59. The number of guanidine groups is 1. The average molecular weight is 332 g/mol. The fraction of sp³-hybridized carbons (Fsp3) is 0.800. The van der Waals surface area contributed by atoms with Crippen molar-refractivity contribution >= 4 is 18.0 Å². The Hall–Kier alpha value is -1.83. The maximum atomic E-state index is 12.1. The van der Waals surface area contributed by atoms with Crippen molar-refractivity contribution in [1.82, 2.24) is 10.2 Å². The van der Waals surface area contributed by atoms with E-state index in [2.05, 4.69) is 5.32 Å². The van der Waals surface area contributed by atoms with E-state index >= 15 is 0 Å². The molecule has 1 saturated heterocycles. The molecule has 8 nitrogen and oxygen atoms in total. The minimum Gasteiger partial charge on any atom is -0.735 e. The van der Waals surface area contributed by atoms with Crippen molar-refractivity contribution in [3.05, 3.63) is 5.21 Å². The molecule has 0 spiro atoms. The number of carbonyl (C=O) groups excluding carboxylic acids is 1. The summed E-state index contributed by atoms with van der Waals surface area (Å²) in [5, 5.41) is 23.0. The molecule has 1 aliphatic rings. The molecule has 0 unspecified atom stereocenters. The summed E-state index contributed by atoms with van der Waals surface area (Å²) in [5.74, 6) is -1.41. The molecule has 1 heterocycles. The molecular formula is C15H27N3O5. The number of hydrogen-bond donors (Lipinski definition) is 2. The van der Waals surface area contributed by atoms with Crippen LogP contribution >= 0.6 is 0 Å². The maximum Gasteiger partial charge on any atom is 0.476 e. The Bertz CT molecular complexity index is 511. The second kappa shape index (κ2) is 10.8. The highest BCUT2D eigenvalue weighted by Crippen LogP contribution is 2.09. The molecule has 132 valence electrons. The van der Waals surface area contributed by atoms with Gasteiger partial charge >= 0.3 is 12.1 Å². The maximum absolute atomic E-state index is 12.1. The summed E-state index contributed by atoms with van der Waals surface area (Å²) >= 11 is 0. The van der Waals surface area contributed by atoms with Gasteiger partial charge in [0.05, 0.1) is 24.2 Å². The zero-order valence-corrected chi connectivity index (χ0v) is 13.3. The second-order valence-electron chi connectivity index (χ2n) is 5.44. The summed E-state index contributed by atoms with van der Waals surface area (Å²) in [7, 11) is 0. The SMILES string of the molecule is [2H]C([2H])([2H])N1CCOCCCCCCCCCC(=O)N/C1=[N+](/[O-])C(=O)O. The van der Waals surface area contributed by atoms with Crippen LogP contribution in [0.3, 0.4) is 0 Å². The summed E-state index contributed by atoms with van der Waals surface area (Å²) < 4.78 is 27.5. The minimum absolute atomic E-state index is 0.00871. The van der Waals surface area contributed by atoms with Gasteiger partial charge in [-0.2, -0.15) is 4.74 Å². The van der Waals surface area contributed by atoms with Crippen molar-refractivity contribution in [2.45, 2.75) is 51.4 Å². The van der Waals surface area contributed by atoms with Gasteiger partial charge in [-0.3, -0.25) is 9.69 Å². The first-order valence-corrected chi connectivity index (χ1v) is 7.96. The molecule has 2 N–H and O–H groups in total. The van der Waals surface area contributed by atoms with Crippen molar-refractivity contribution < 1.29 is 28.3 Å². The van der Waals surface area contributed by atoms with Gasteiger partial charge < -0.3 is 15.1 Å². The lowest BCUT2D eigenvalue weighted by atomic mass is 10.1. The van der Waals surface area contributed by atoms with Crippen molar-refractivity contribution in [2.24, 2.45) is 0 Å². The highest BCUT2D eigenvalue weighted by atomic mass is 16.5. The van der Waals surface area contributed by atoms with Crippen LogP contribution in [0.15, 0.2) is 0 Å². The fourth-order valence-corrected chi connectivity index (χ4v) is 2.24. The standard InChI is InChI=1S/C15H27N3O5/c1-17-10-12-23-11-8-6-4-2-3-5-7-9-13(19)16-14(17)18(22)15(20)21/h2-12H2,1H3,(H,16,19)(H,20,21)/b18-14-/i1D3. The van der Waals surface area contributed by atoms with E-state index in [0.717, 1.165) is 38.5 Å². The van der Waals surface area contributed by atoms with E-state index < -0.39 is 29.7 Å². The summed E-state index contributed by atoms with van der Waals surface area (Å²) in [4.78, 5) is 23.7. The normalized spacial score (nSPS) is 24.8. The second-order valence-corrected chi connectivity index (χ2v) is 5.44. The quantitative estimate of drug-likeness (QED) is 0.398. The Morgan fingerprint density at radius 2 is 1.91 bits per heavy atom. The first-order valence-electron chi connectivity index (χ1n) is 9.46. The van der Waals surface area contributed by atoms with Gasteiger partial charge in [0, 0.05) is 13.0 Å². The molecule has 8 heteroatoms. The summed E-state index contributed by atoms with van der Waals surface area (Å²) in [5.41, 5.74) is 0. The number of rotatable bonds is 0. The Morgan fingerprint density at radius 3 is 2.57 bits per heavy atom. The van der Waals surface area contributed by atoms with Crippen LogP contribution in [0, 0.1) is 5.21 Å². The molecule has 0 saturated carbocycles. The van der Waals surface area contributed by atoms with Crippen molar-refractivity contribution in [2.75, 3.05) is 26.7 Å². The van der Waals surface area contributed by atoms with Gasteiger partial charge in [0.25, 0.3) is 5.91 Å². The van der Waals surface area contributed by atoms with Crippen molar-refractivity contribution in [3.63, 3.8) is 0 Å². The lowest BCUT2D eigenvalue weighted by molar-refractivity contribution is -0.378. The largest absolute Gasteiger partial charge is 0.735 e. The monoisotopic (exact) mass is 332 g/mol. The van der Waals surface area contributed by atoms with Gasteiger partial charge in [-0.1, -0.05) is 32.1 Å². The van der Waals surface area contributed by atoms with Crippen molar-refractivity contribution in [3.8, 4) is 0 Å². The number of carboxylic acid groups (broad SMARTS) is 1. The van der Waals surface area contributed by atoms with Gasteiger partial charge in [0.1, 0.15) is 0 Å². The van der Waals surface area contributed by atoms with E-state index in [1.807, 2.05) is 0 Å². The predicted octanol–water partition coefficient (Wildman–Crippen LogP) is 1.73. The van der Waals surface area contributed by atoms with Crippen LogP contribution in [0.1, 0.15) is 55.5 Å². The highest BCUT2D eigenvalue weighted by molar-refractivity contribution is 5.95. The van der Waals surface area contributed by atoms with Crippen LogP contribution in [-0.2, 0) is 9.53 Å². The third-order valence-electron chi connectivity index (χ3n) is 3.52. The van der Waals surface area contributed by atoms with Crippen LogP contribution < -0.4 is 5.32 Å². The molecule has 0 aliphatic carbocycles. The molecule has 1 fully saturated rings. The third-order valence-corrected chi connectivity index (χ3v) is 3.52. The van der Waals surface area contributed by atoms with Gasteiger partial charge in [-0.05, 0) is 12.8 Å². The number of amides is 2. The number of nitrogens with one attached hydrogen (secondary N) is 1. The molecule has 0 atom stereocenters. The van der Waals surface area contributed by atoms with E-state index in [4.69, 9.17) is 14.0 Å². The molecular weight excluding hydrogens is 302 g/mol. The minimum atomic E-state index is -2.81. The molecule has 0 radical (unpaired) electrons. The highest BCUT2D eigenvalue weighted by Gasteiger charge is 2.22. The van der Waals surface area contributed by atoms with Gasteiger partial charge in [0.2, 0.25) is 0 Å². The van der Waals surface area contributed by atoms with E-state index in [9.17, 15) is 14.8 Å². The Labute approximate surface area is 140 Å². The smallest absolute Gasteiger partial charge is 0.476 e. The van der Waals surface area contributed by atoms with Crippen molar-refractivity contribution in [1.29, 1.82) is 0 Å². The summed E-state index contributed by atoms with van der Waals surface area (Å²) in [6.45, 7) is -2.62. The van der Waals surface area contributed by atoms with E-state index in [1.165, 1.54) is 0 Å². The zero-order chi connectivity index (χ0) is 19.6. The lowest BCUT2D eigenvalue weighted by Gasteiger charge is -2.19.